The maximum absolute atomic E-state index is 12.1. The molecule has 1 aliphatic carbocycles. The molecule has 5 nitrogen and oxygen atoms in total. The first-order valence-corrected chi connectivity index (χ1v) is 7.99. The van der Waals surface area contributed by atoms with Gasteiger partial charge in [-0.15, -0.1) is 13.2 Å². The summed E-state index contributed by atoms with van der Waals surface area (Å²) in [6.07, 6.45) is 0.938. The molecule has 140 valence electrons. The highest BCUT2D eigenvalue weighted by Gasteiger charge is 2.32. The van der Waals surface area contributed by atoms with Crippen LogP contribution >= 0.6 is 0 Å². The molecule has 0 saturated carbocycles. The number of halogens is 3. The molecule has 3 N–H and O–H groups in total. The first kappa shape index (κ1) is 21.1. The van der Waals surface area contributed by atoms with Gasteiger partial charge >= 0.3 is 6.36 Å². The second-order valence-corrected chi connectivity index (χ2v) is 4.86. The molecule has 0 atom stereocenters. The molecule has 0 heterocycles. The minimum Gasteiger partial charge on any atom is -0.410 e. The predicted octanol–water partition coefficient (Wildman–Crippen LogP) is 4.54. The lowest BCUT2D eigenvalue weighted by atomic mass is 10.1. The number of nitrogens with one attached hydrogen (secondary N) is 1. The van der Waals surface area contributed by atoms with Gasteiger partial charge < -0.3 is 15.9 Å². The van der Waals surface area contributed by atoms with Gasteiger partial charge in [-0.2, -0.15) is 0 Å². The lowest BCUT2D eigenvalue weighted by molar-refractivity contribution is -0.306. The van der Waals surface area contributed by atoms with Crippen LogP contribution in [0.2, 0.25) is 0 Å². The molecule has 0 radical (unpaired) electrons. The molecule has 1 aromatic carbocycles. The van der Waals surface area contributed by atoms with Gasteiger partial charge in [-0.1, -0.05) is 38.1 Å². The smallest absolute Gasteiger partial charge is 0.410 e. The van der Waals surface area contributed by atoms with Crippen LogP contribution in [-0.4, -0.2) is 24.8 Å². The number of hydrogen-bond acceptors (Lipinski definition) is 3. The number of alkyl halides is 3. The largest absolute Gasteiger partial charge is 0.572 e. The average molecular weight is 366 g/mol. The number of nitrogens with zero attached hydrogens (tertiary/aromatic N) is 2. The molecule has 0 saturated heterocycles. The molecular formula is C18H21F3N4O. The van der Waals surface area contributed by atoms with Crippen LogP contribution in [0.15, 0.2) is 57.9 Å². The summed E-state index contributed by atoms with van der Waals surface area (Å²) >= 11 is 0. The van der Waals surface area contributed by atoms with Crippen LogP contribution in [-0.2, 0) is 4.74 Å². The summed E-state index contributed by atoms with van der Waals surface area (Å²) in [6, 6.07) is 6.93. The van der Waals surface area contributed by atoms with Gasteiger partial charge in [0.15, 0.2) is 0 Å². The maximum atomic E-state index is 12.1. The molecule has 0 spiro atoms. The van der Waals surface area contributed by atoms with E-state index in [9.17, 15) is 13.2 Å². The highest BCUT2D eigenvalue weighted by Crippen LogP contribution is 2.27. The van der Waals surface area contributed by atoms with E-state index in [2.05, 4.69) is 14.7 Å². The van der Waals surface area contributed by atoms with Crippen molar-refractivity contribution in [1.82, 2.24) is 0 Å². The third-order valence-corrected chi connectivity index (χ3v) is 3.13. The molecule has 1 aromatic rings. The summed E-state index contributed by atoms with van der Waals surface area (Å²) in [5, 5.41) is 7.12. The number of rotatable bonds is 5. The van der Waals surface area contributed by atoms with Crippen LogP contribution in [0, 0.1) is 5.41 Å². The maximum Gasteiger partial charge on any atom is 0.572 e. The Balaban J connectivity index is 0.00000163. The van der Waals surface area contributed by atoms with Crippen molar-refractivity contribution in [2.75, 3.05) is 0 Å². The molecule has 8 heteroatoms. The predicted molar refractivity (Wildman–Crippen MR) is 97.4 cm³/mol. The standard InChI is InChI=1S/C16H15F3N4O.C2H6/c17-16(18,19)24-14-7-5-13(6-8-14)22-10-23-15(21)12-3-1-11(9-20)2-4-12;1-2/h1-5,7,9-10,20H,6,8H2,(H2,21,22,23);1-2H3. The number of ether oxygens (including phenoxy) is 1. The summed E-state index contributed by atoms with van der Waals surface area (Å²) in [7, 11) is 0. The van der Waals surface area contributed by atoms with Gasteiger partial charge in [0.1, 0.15) is 17.9 Å². The van der Waals surface area contributed by atoms with Crippen LogP contribution in [0.3, 0.4) is 0 Å². The SMILES string of the molecule is CC.N=Cc1ccc(C(N)=NC=NC2=CC=C(OC(F)(F)F)CC2)cc1. The number of nitrogens with two attached hydrogens (primary N) is 1. The molecule has 2 rings (SSSR count). The van der Waals surface area contributed by atoms with Crippen molar-refractivity contribution in [3.63, 3.8) is 0 Å². The van der Waals surface area contributed by atoms with Crippen molar-refractivity contribution < 1.29 is 17.9 Å². The zero-order valence-corrected chi connectivity index (χ0v) is 14.5. The second-order valence-electron chi connectivity index (χ2n) is 4.86. The van der Waals surface area contributed by atoms with E-state index in [-0.39, 0.29) is 18.0 Å². The number of hydrogen-bond donors (Lipinski definition) is 2. The van der Waals surface area contributed by atoms with Crippen LogP contribution in [0.25, 0.3) is 0 Å². The molecule has 0 fully saturated rings. The zero-order chi connectivity index (χ0) is 19.6. The highest BCUT2D eigenvalue weighted by atomic mass is 19.4. The molecular weight excluding hydrogens is 345 g/mol. The van der Waals surface area contributed by atoms with Crippen LogP contribution in [0.1, 0.15) is 37.8 Å². The summed E-state index contributed by atoms with van der Waals surface area (Å²) in [4.78, 5) is 8.06. The number of benzene rings is 1. The van der Waals surface area contributed by atoms with E-state index in [0.29, 0.717) is 17.7 Å². The minimum absolute atomic E-state index is 0.118. The third-order valence-electron chi connectivity index (χ3n) is 3.13. The summed E-state index contributed by atoms with van der Waals surface area (Å²) < 4.78 is 40.1. The van der Waals surface area contributed by atoms with Gasteiger partial charge in [-0.3, -0.25) is 0 Å². The van der Waals surface area contributed by atoms with Crippen molar-refractivity contribution >= 4 is 18.4 Å². The molecule has 0 amide bonds. The Morgan fingerprint density at radius 1 is 1.15 bits per heavy atom. The van der Waals surface area contributed by atoms with E-state index >= 15 is 0 Å². The van der Waals surface area contributed by atoms with Gasteiger partial charge in [0.25, 0.3) is 0 Å². The lowest BCUT2D eigenvalue weighted by Gasteiger charge is -2.14. The number of aliphatic imine (C=N–C) groups is 2. The van der Waals surface area contributed by atoms with Crippen molar-refractivity contribution in [3.8, 4) is 0 Å². The quantitative estimate of drug-likeness (QED) is 0.592. The fourth-order valence-electron chi connectivity index (χ4n) is 1.94. The summed E-state index contributed by atoms with van der Waals surface area (Å²) in [5.41, 5.74) is 7.83. The average Bonchev–Trinajstić information content (AvgIpc) is 2.63. The zero-order valence-electron chi connectivity index (χ0n) is 14.5. The van der Waals surface area contributed by atoms with Crippen molar-refractivity contribution in [1.29, 1.82) is 5.41 Å². The topological polar surface area (TPSA) is 83.8 Å². The Bertz CT molecular complexity index is 717. The van der Waals surface area contributed by atoms with E-state index in [4.69, 9.17) is 11.1 Å². The van der Waals surface area contributed by atoms with Gasteiger partial charge in [-0.05, 0) is 24.1 Å². The van der Waals surface area contributed by atoms with E-state index in [1.54, 1.807) is 24.3 Å². The molecule has 0 aliphatic heterocycles. The normalized spacial score (nSPS) is 14.9. The van der Waals surface area contributed by atoms with Crippen LogP contribution in [0.4, 0.5) is 13.2 Å². The molecule has 26 heavy (non-hydrogen) atoms. The first-order chi connectivity index (χ1) is 12.4. The molecule has 0 unspecified atom stereocenters. The summed E-state index contributed by atoms with van der Waals surface area (Å²) in [5.74, 6) is 0.110. The van der Waals surface area contributed by atoms with E-state index in [1.807, 2.05) is 13.8 Å². The molecule has 1 aliphatic rings. The minimum atomic E-state index is -4.67. The van der Waals surface area contributed by atoms with E-state index in [1.165, 1.54) is 24.7 Å². The van der Waals surface area contributed by atoms with E-state index in [0.717, 1.165) is 5.56 Å². The van der Waals surface area contributed by atoms with E-state index < -0.39 is 6.36 Å². The Kier molecular flexibility index (Phi) is 8.27. The Labute approximate surface area is 150 Å². The van der Waals surface area contributed by atoms with Gasteiger partial charge in [-0.25, -0.2) is 9.98 Å². The number of allylic oxidation sites excluding steroid dienone is 4. The van der Waals surface area contributed by atoms with Crippen molar-refractivity contribution in [2.24, 2.45) is 15.7 Å². The lowest BCUT2D eigenvalue weighted by Crippen LogP contribution is -2.14. The fraction of sp³-hybridized carbons (Fsp3) is 0.278. The van der Waals surface area contributed by atoms with Crippen LogP contribution in [0.5, 0.6) is 0 Å². The van der Waals surface area contributed by atoms with Crippen molar-refractivity contribution in [2.45, 2.75) is 33.1 Å². The monoisotopic (exact) mass is 366 g/mol. The van der Waals surface area contributed by atoms with Gasteiger partial charge in [0.05, 0.1) is 0 Å². The van der Waals surface area contributed by atoms with Gasteiger partial charge in [0.2, 0.25) is 0 Å². The fourth-order valence-corrected chi connectivity index (χ4v) is 1.94. The van der Waals surface area contributed by atoms with Gasteiger partial charge in [0, 0.05) is 23.9 Å². The second kappa shape index (κ2) is 10.2. The Hall–Kier alpha value is -2.90. The summed E-state index contributed by atoms with van der Waals surface area (Å²) in [6.45, 7) is 4.00. The molecule has 0 aromatic heterocycles. The number of amidine groups is 1. The third kappa shape index (κ3) is 7.33. The molecule has 0 bridgehead atoms. The van der Waals surface area contributed by atoms with Crippen LogP contribution < -0.4 is 5.73 Å². The Morgan fingerprint density at radius 2 is 1.81 bits per heavy atom. The Morgan fingerprint density at radius 3 is 2.31 bits per heavy atom. The first-order valence-electron chi connectivity index (χ1n) is 7.99. The highest BCUT2D eigenvalue weighted by molar-refractivity contribution is 6.01. The van der Waals surface area contributed by atoms with Crippen molar-refractivity contribution in [3.05, 3.63) is 59.0 Å².